The van der Waals surface area contributed by atoms with Crippen molar-refractivity contribution >= 4 is 29.2 Å². The lowest BCUT2D eigenvalue weighted by Gasteiger charge is -2.23. The quantitative estimate of drug-likeness (QED) is 0.675. The lowest BCUT2D eigenvalue weighted by Crippen LogP contribution is -2.28. The van der Waals surface area contributed by atoms with Crippen LogP contribution in [0.3, 0.4) is 0 Å². The maximum atomic E-state index is 12.0. The van der Waals surface area contributed by atoms with E-state index in [0.717, 1.165) is 0 Å². The number of nitrogen functional groups attached to an aromatic ring is 1. The first-order chi connectivity index (χ1) is 9.71. The van der Waals surface area contributed by atoms with Crippen LogP contribution >= 0.6 is 11.6 Å². The Labute approximate surface area is 129 Å². The maximum Gasteiger partial charge on any atom is 0.303 e. The molecule has 0 aliphatic heterocycles. The van der Waals surface area contributed by atoms with Crippen LogP contribution in [-0.4, -0.2) is 23.5 Å². The highest BCUT2D eigenvalue weighted by atomic mass is 35.5. The van der Waals surface area contributed by atoms with Gasteiger partial charge in [0.05, 0.1) is 10.7 Å². The molecule has 0 fully saturated rings. The number of amides is 1. The van der Waals surface area contributed by atoms with Crippen LogP contribution in [0, 0.1) is 5.41 Å². The molecule has 1 aromatic carbocycles. The number of nitrogens with one attached hydrogen (secondary N) is 1. The van der Waals surface area contributed by atoms with E-state index in [0.29, 0.717) is 35.7 Å². The van der Waals surface area contributed by atoms with Crippen molar-refractivity contribution in [3.63, 3.8) is 0 Å². The molecule has 21 heavy (non-hydrogen) atoms. The molecule has 1 rings (SSSR count). The Kier molecular flexibility index (Phi) is 6.03. The first-order valence-electron chi connectivity index (χ1n) is 6.76. The fraction of sp³-hybridized carbons (Fsp3) is 0.467. The first-order valence-corrected chi connectivity index (χ1v) is 7.14. The smallest absolute Gasteiger partial charge is 0.303 e. The van der Waals surface area contributed by atoms with E-state index in [9.17, 15) is 9.59 Å². The molecular weight excluding hydrogens is 292 g/mol. The van der Waals surface area contributed by atoms with Gasteiger partial charge in [-0.3, -0.25) is 9.59 Å². The van der Waals surface area contributed by atoms with E-state index in [1.165, 1.54) is 6.07 Å². The number of hydrogen-bond donors (Lipinski definition) is 3. The van der Waals surface area contributed by atoms with Crippen LogP contribution in [0.5, 0.6) is 0 Å². The van der Waals surface area contributed by atoms with E-state index < -0.39 is 5.97 Å². The van der Waals surface area contributed by atoms with Crippen LogP contribution in [0.25, 0.3) is 0 Å². The Morgan fingerprint density at radius 3 is 2.57 bits per heavy atom. The van der Waals surface area contributed by atoms with Gasteiger partial charge in [0.1, 0.15) is 0 Å². The minimum absolute atomic E-state index is 0.133. The number of hydrogen-bond acceptors (Lipinski definition) is 3. The van der Waals surface area contributed by atoms with Gasteiger partial charge in [-0.1, -0.05) is 25.4 Å². The summed E-state index contributed by atoms with van der Waals surface area (Å²) in [4.78, 5) is 22.5. The highest BCUT2D eigenvalue weighted by molar-refractivity contribution is 6.33. The molecule has 116 valence electrons. The third-order valence-corrected chi connectivity index (χ3v) is 3.69. The van der Waals surface area contributed by atoms with Gasteiger partial charge in [-0.15, -0.1) is 0 Å². The van der Waals surface area contributed by atoms with Crippen molar-refractivity contribution in [2.24, 2.45) is 5.41 Å². The zero-order valence-corrected chi connectivity index (χ0v) is 13.0. The number of carboxylic acids is 1. The molecule has 1 amide bonds. The molecule has 5 nitrogen and oxygen atoms in total. The second kappa shape index (κ2) is 7.31. The van der Waals surface area contributed by atoms with Crippen molar-refractivity contribution < 1.29 is 14.7 Å². The Balaban J connectivity index is 2.46. The van der Waals surface area contributed by atoms with Crippen LogP contribution in [-0.2, 0) is 4.79 Å². The van der Waals surface area contributed by atoms with Gasteiger partial charge in [-0.2, -0.15) is 0 Å². The Morgan fingerprint density at radius 1 is 1.33 bits per heavy atom. The number of halogens is 1. The lowest BCUT2D eigenvalue weighted by molar-refractivity contribution is -0.137. The third-order valence-electron chi connectivity index (χ3n) is 3.37. The predicted octanol–water partition coefficient (Wildman–Crippen LogP) is 2.93. The van der Waals surface area contributed by atoms with E-state index in [2.05, 4.69) is 5.32 Å². The third kappa shape index (κ3) is 6.04. The first kappa shape index (κ1) is 17.3. The largest absolute Gasteiger partial charge is 0.481 e. The molecular formula is C15H21ClN2O3. The summed E-state index contributed by atoms with van der Waals surface area (Å²) in [6.45, 7) is 4.46. The van der Waals surface area contributed by atoms with E-state index in [1.807, 2.05) is 13.8 Å². The van der Waals surface area contributed by atoms with Gasteiger partial charge in [0, 0.05) is 18.5 Å². The molecule has 0 unspecified atom stereocenters. The van der Waals surface area contributed by atoms with Gasteiger partial charge in [0.2, 0.25) is 0 Å². The Hall–Kier alpha value is -1.75. The van der Waals surface area contributed by atoms with Gasteiger partial charge < -0.3 is 16.2 Å². The number of rotatable bonds is 7. The zero-order valence-electron chi connectivity index (χ0n) is 12.3. The van der Waals surface area contributed by atoms with E-state index in [4.69, 9.17) is 22.4 Å². The number of carboxylic acid groups (broad SMARTS) is 1. The summed E-state index contributed by atoms with van der Waals surface area (Å²) in [5.74, 6) is -1.02. The molecule has 0 aliphatic carbocycles. The summed E-state index contributed by atoms with van der Waals surface area (Å²) in [6.07, 6.45) is 1.41. The summed E-state index contributed by atoms with van der Waals surface area (Å²) in [5.41, 5.74) is 6.35. The average Bonchev–Trinajstić information content (AvgIpc) is 2.39. The van der Waals surface area contributed by atoms with Gasteiger partial charge in [0.15, 0.2) is 0 Å². The SMILES string of the molecule is CC(C)(CCNC(=O)c1ccc(N)c(Cl)c1)CCC(=O)O. The maximum absolute atomic E-state index is 12.0. The molecule has 0 aromatic heterocycles. The second-order valence-electron chi connectivity index (χ2n) is 5.80. The Bertz CT molecular complexity index is 530. The van der Waals surface area contributed by atoms with Crippen molar-refractivity contribution in [2.75, 3.05) is 12.3 Å². The monoisotopic (exact) mass is 312 g/mol. The number of carbonyl (C=O) groups excluding carboxylic acids is 1. The highest BCUT2D eigenvalue weighted by Gasteiger charge is 2.19. The van der Waals surface area contributed by atoms with Crippen molar-refractivity contribution in [2.45, 2.75) is 33.1 Å². The number of carbonyl (C=O) groups is 2. The number of aliphatic carboxylic acids is 1. The molecule has 0 saturated carbocycles. The van der Waals surface area contributed by atoms with Gasteiger partial charge in [-0.25, -0.2) is 0 Å². The molecule has 0 saturated heterocycles. The summed E-state index contributed by atoms with van der Waals surface area (Å²) >= 11 is 5.87. The standard InChI is InChI=1S/C15H21ClN2O3/c1-15(2,6-5-13(19)20)7-8-18-14(21)10-3-4-12(17)11(16)9-10/h3-4,9H,5-8,17H2,1-2H3,(H,18,21)(H,19,20). The number of nitrogens with two attached hydrogens (primary N) is 1. The number of anilines is 1. The van der Waals surface area contributed by atoms with Crippen LogP contribution in [0.1, 0.15) is 43.5 Å². The Morgan fingerprint density at radius 2 is 2.00 bits per heavy atom. The highest BCUT2D eigenvalue weighted by Crippen LogP contribution is 2.26. The van der Waals surface area contributed by atoms with Crippen molar-refractivity contribution in [1.82, 2.24) is 5.32 Å². The predicted molar refractivity (Wildman–Crippen MR) is 83.5 cm³/mol. The van der Waals surface area contributed by atoms with Crippen molar-refractivity contribution in [1.29, 1.82) is 0 Å². The number of benzene rings is 1. The van der Waals surface area contributed by atoms with E-state index in [1.54, 1.807) is 12.1 Å². The fourth-order valence-corrected chi connectivity index (χ4v) is 2.04. The lowest BCUT2D eigenvalue weighted by atomic mass is 9.84. The normalized spacial score (nSPS) is 11.2. The molecule has 0 radical (unpaired) electrons. The molecule has 6 heteroatoms. The molecule has 0 spiro atoms. The zero-order chi connectivity index (χ0) is 16.0. The molecule has 0 bridgehead atoms. The van der Waals surface area contributed by atoms with Crippen LogP contribution in [0.2, 0.25) is 5.02 Å². The van der Waals surface area contributed by atoms with E-state index in [-0.39, 0.29) is 17.7 Å². The molecule has 0 atom stereocenters. The molecule has 4 N–H and O–H groups in total. The fourth-order valence-electron chi connectivity index (χ4n) is 1.86. The van der Waals surface area contributed by atoms with Gasteiger partial charge >= 0.3 is 5.97 Å². The van der Waals surface area contributed by atoms with Gasteiger partial charge in [-0.05, 0) is 36.5 Å². The topological polar surface area (TPSA) is 92.4 Å². The second-order valence-corrected chi connectivity index (χ2v) is 6.21. The molecule has 1 aromatic rings. The van der Waals surface area contributed by atoms with Gasteiger partial charge in [0.25, 0.3) is 5.91 Å². The molecule has 0 heterocycles. The summed E-state index contributed by atoms with van der Waals surface area (Å²) < 4.78 is 0. The van der Waals surface area contributed by atoms with Crippen molar-refractivity contribution in [3.05, 3.63) is 28.8 Å². The summed E-state index contributed by atoms with van der Waals surface area (Å²) in [6, 6.07) is 4.74. The average molecular weight is 313 g/mol. The minimum atomic E-state index is -0.802. The van der Waals surface area contributed by atoms with Crippen LogP contribution in [0.4, 0.5) is 5.69 Å². The summed E-state index contributed by atoms with van der Waals surface area (Å²) in [7, 11) is 0. The molecule has 0 aliphatic rings. The minimum Gasteiger partial charge on any atom is -0.481 e. The van der Waals surface area contributed by atoms with Crippen LogP contribution < -0.4 is 11.1 Å². The van der Waals surface area contributed by atoms with Crippen molar-refractivity contribution in [3.8, 4) is 0 Å². The van der Waals surface area contributed by atoms with E-state index >= 15 is 0 Å². The van der Waals surface area contributed by atoms with Crippen LogP contribution in [0.15, 0.2) is 18.2 Å². The summed E-state index contributed by atoms with van der Waals surface area (Å²) in [5, 5.41) is 11.8.